The highest BCUT2D eigenvalue weighted by molar-refractivity contribution is 5.98. The highest BCUT2D eigenvalue weighted by Gasteiger charge is 2.57. The molecule has 10 nitrogen and oxygen atoms in total. The summed E-state index contributed by atoms with van der Waals surface area (Å²) in [6.45, 7) is 6.82. The Balaban J connectivity index is 1.05. The third kappa shape index (κ3) is 8.61. The minimum Gasteiger partial charge on any atom is -0.456 e. The van der Waals surface area contributed by atoms with E-state index in [4.69, 9.17) is 18.9 Å². The predicted molar refractivity (Wildman–Crippen MR) is 244 cm³/mol. The van der Waals surface area contributed by atoms with Crippen LogP contribution in [0.1, 0.15) is 91.9 Å². The number of rotatable bonds is 12. The van der Waals surface area contributed by atoms with E-state index < -0.39 is 42.0 Å². The fraction of sp³-hybridized carbons (Fsp3) is 0.426. The van der Waals surface area contributed by atoms with E-state index >= 15 is 0 Å². The van der Waals surface area contributed by atoms with Crippen molar-refractivity contribution >= 4 is 23.9 Å². The maximum Gasteiger partial charge on any atom is 0.339 e. The SMILES string of the molecule is CN(C(=O)C1=CC2OC(c3ccccc3)(c3ccccc3)OC2C(OC(=O)c2ccccc2C=C2CCC3OC3(C)CCC3C2CC3(C)C)C1)C(Cc1ccccc1)C(=O)NCCO. The van der Waals surface area contributed by atoms with Crippen molar-refractivity contribution in [1.82, 2.24) is 10.2 Å². The van der Waals surface area contributed by atoms with Gasteiger partial charge in [-0.3, -0.25) is 9.59 Å². The average Bonchev–Trinajstić information content (AvgIpc) is 3.76. The molecule has 9 rings (SSSR count). The molecule has 2 aliphatic heterocycles. The quantitative estimate of drug-likeness (QED) is 0.108. The second-order valence-corrected chi connectivity index (χ2v) is 19.2. The number of fused-ring (bicyclic) bond motifs is 3. The molecule has 0 aromatic heterocycles. The summed E-state index contributed by atoms with van der Waals surface area (Å²) in [7, 11) is 1.61. The number of allylic oxidation sites excluding steroid dienone is 1. The molecule has 4 fully saturated rings. The highest BCUT2D eigenvalue weighted by atomic mass is 16.8. The number of nitrogens with zero attached hydrogens (tertiary/aromatic N) is 1. The molecule has 2 heterocycles. The van der Waals surface area contributed by atoms with Gasteiger partial charge in [-0.25, -0.2) is 4.79 Å². The lowest BCUT2D eigenvalue weighted by molar-refractivity contribution is -0.157. The molecule has 0 spiro atoms. The van der Waals surface area contributed by atoms with E-state index in [1.165, 1.54) is 10.5 Å². The Labute approximate surface area is 376 Å². The van der Waals surface area contributed by atoms with Gasteiger partial charge in [-0.1, -0.05) is 135 Å². The number of nitrogens with one attached hydrogen (secondary N) is 1. The standard InChI is InChI=1S/C54H60N2O8/c1-52(2)34-42-37(24-25-47-53(3,63-47)27-26-43(42)52)31-36-18-14-15-23-41(36)51(60)61-45-32-38(50(59)56(4)44(49(58)55-28-29-57)30-35-16-8-5-9-17-35)33-46-48(45)64-54(62-46,39-19-10-6-11-20-39)40-21-12-7-13-22-40/h5-23,31,33,42-48,57H,24-30,32,34H2,1-4H3,(H,55,58). The molecule has 2 N–H and O–H groups in total. The highest BCUT2D eigenvalue weighted by Crippen LogP contribution is 2.60. The molecule has 4 aromatic rings. The van der Waals surface area contributed by atoms with Crippen LogP contribution >= 0.6 is 0 Å². The van der Waals surface area contributed by atoms with E-state index in [1.807, 2.05) is 115 Å². The van der Waals surface area contributed by atoms with E-state index in [9.17, 15) is 19.5 Å². The molecule has 3 aliphatic carbocycles. The summed E-state index contributed by atoms with van der Waals surface area (Å²) >= 11 is 0. The van der Waals surface area contributed by atoms with Crippen LogP contribution in [0.25, 0.3) is 6.08 Å². The van der Waals surface area contributed by atoms with Gasteiger partial charge in [-0.05, 0) is 79.5 Å². The summed E-state index contributed by atoms with van der Waals surface area (Å²) in [6.07, 6.45) is 7.17. The van der Waals surface area contributed by atoms with Gasteiger partial charge in [0.1, 0.15) is 24.4 Å². The fourth-order valence-electron chi connectivity index (χ4n) is 10.9. The summed E-state index contributed by atoms with van der Waals surface area (Å²) in [5.74, 6) is -1.70. The monoisotopic (exact) mass is 864 g/mol. The van der Waals surface area contributed by atoms with Gasteiger partial charge in [0.05, 0.1) is 23.9 Å². The lowest BCUT2D eigenvalue weighted by atomic mass is 9.52. The van der Waals surface area contributed by atoms with Crippen LogP contribution in [0, 0.1) is 17.3 Å². The first kappa shape index (κ1) is 43.8. The lowest BCUT2D eigenvalue weighted by Gasteiger charge is -2.53. The third-order valence-corrected chi connectivity index (χ3v) is 14.6. The van der Waals surface area contributed by atoms with Crippen LogP contribution in [-0.2, 0) is 40.7 Å². The number of hydrogen-bond donors (Lipinski definition) is 2. The number of esters is 1. The predicted octanol–water partition coefficient (Wildman–Crippen LogP) is 8.18. The second-order valence-electron chi connectivity index (χ2n) is 19.2. The number of likely N-dealkylation sites (N-methyl/N-ethyl adjacent to an activating group) is 1. The maximum absolute atomic E-state index is 14.8. The normalized spacial score (nSPS) is 28.6. The van der Waals surface area contributed by atoms with Gasteiger partial charge >= 0.3 is 5.97 Å². The van der Waals surface area contributed by atoms with Crippen LogP contribution in [0.5, 0.6) is 0 Å². The Hall–Kier alpha value is -5.39. The van der Waals surface area contributed by atoms with Gasteiger partial charge in [0.25, 0.3) is 0 Å². The lowest BCUT2D eigenvalue weighted by Crippen LogP contribution is -2.51. The molecule has 2 saturated heterocycles. The van der Waals surface area contributed by atoms with E-state index in [0.717, 1.165) is 54.4 Å². The number of hydrogen-bond acceptors (Lipinski definition) is 8. The summed E-state index contributed by atoms with van der Waals surface area (Å²) < 4.78 is 26.9. The molecule has 0 radical (unpaired) electrons. The van der Waals surface area contributed by atoms with Gasteiger partial charge in [-0.2, -0.15) is 0 Å². The Morgan fingerprint density at radius 3 is 2.19 bits per heavy atom. The minimum absolute atomic E-state index is 0.0255. The van der Waals surface area contributed by atoms with Crippen molar-refractivity contribution in [3.63, 3.8) is 0 Å². The molecule has 0 bridgehead atoms. The van der Waals surface area contributed by atoms with Crippen molar-refractivity contribution in [2.24, 2.45) is 17.3 Å². The van der Waals surface area contributed by atoms with Gasteiger partial charge in [-0.15, -0.1) is 0 Å². The molecule has 64 heavy (non-hydrogen) atoms. The van der Waals surface area contributed by atoms with Crippen LogP contribution in [0.4, 0.5) is 0 Å². The summed E-state index contributed by atoms with van der Waals surface area (Å²) in [5, 5.41) is 12.3. The van der Waals surface area contributed by atoms with Crippen LogP contribution in [0.2, 0.25) is 0 Å². The van der Waals surface area contributed by atoms with Crippen molar-refractivity contribution in [2.75, 3.05) is 20.2 Å². The van der Waals surface area contributed by atoms with E-state index in [1.54, 1.807) is 13.1 Å². The van der Waals surface area contributed by atoms with E-state index in [-0.39, 0.29) is 49.0 Å². The topological polar surface area (TPSA) is 127 Å². The van der Waals surface area contributed by atoms with E-state index in [2.05, 4.69) is 32.2 Å². The van der Waals surface area contributed by atoms with Gasteiger partial charge in [0.2, 0.25) is 17.6 Å². The van der Waals surface area contributed by atoms with Crippen LogP contribution in [0.15, 0.2) is 132 Å². The van der Waals surface area contributed by atoms with Gasteiger partial charge < -0.3 is 34.3 Å². The van der Waals surface area contributed by atoms with Crippen molar-refractivity contribution in [3.8, 4) is 0 Å². The maximum atomic E-state index is 14.8. The largest absolute Gasteiger partial charge is 0.456 e. The molecular weight excluding hydrogens is 805 g/mol. The first-order valence-corrected chi connectivity index (χ1v) is 22.9. The average molecular weight is 865 g/mol. The van der Waals surface area contributed by atoms with Crippen molar-refractivity contribution in [2.45, 2.75) is 108 Å². The number of amides is 2. The smallest absolute Gasteiger partial charge is 0.339 e. The number of aliphatic hydroxyl groups excluding tert-OH is 1. The molecule has 334 valence electrons. The van der Waals surface area contributed by atoms with Crippen LogP contribution < -0.4 is 5.32 Å². The first-order chi connectivity index (χ1) is 30.9. The molecule has 10 heteroatoms. The Bertz CT molecular complexity index is 2360. The zero-order chi connectivity index (χ0) is 44.6. The molecule has 2 amide bonds. The van der Waals surface area contributed by atoms with Crippen LogP contribution in [-0.4, -0.2) is 84.0 Å². The number of epoxide rings is 1. The Morgan fingerprint density at radius 2 is 1.52 bits per heavy atom. The molecular formula is C54H60N2O8. The zero-order valence-electron chi connectivity index (χ0n) is 37.3. The Kier molecular flexibility index (Phi) is 12.2. The van der Waals surface area contributed by atoms with Crippen molar-refractivity contribution in [3.05, 3.63) is 160 Å². The van der Waals surface area contributed by atoms with Crippen LogP contribution in [0.3, 0.4) is 0 Å². The van der Waals surface area contributed by atoms with Crippen molar-refractivity contribution in [1.29, 1.82) is 0 Å². The molecule has 8 unspecified atom stereocenters. The summed E-state index contributed by atoms with van der Waals surface area (Å²) in [6, 6.07) is 35.5. The second kappa shape index (κ2) is 17.9. The molecule has 4 aromatic carbocycles. The van der Waals surface area contributed by atoms with Gasteiger partial charge in [0, 0.05) is 43.1 Å². The minimum atomic E-state index is -1.38. The number of carbonyl (C=O) groups is 3. The third-order valence-electron chi connectivity index (χ3n) is 14.6. The summed E-state index contributed by atoms with van der Waals surface area (Å²) in [5.41, 5.74) is 5.52. The van der Waals surface area contributed by atoms with Gasteiger partial charge in [0.15, 0.2) is 0 Å². The first-order valence-electron chi connectivity index (χ1n) is 22.9. The van der Waals surface area contributed by atoms with Crippen molar-refractivity contribution < 1.29 is 38.4 Å². The van der Waals surface area contributed by atoms with E-state index in [0.29, 0.717) is 23.0 Å². The number of aliphatic hydroxyl groups is 1. The molecule has 5 aliphatic rings. The fourth-order valence-corrected chi connectivity index (χ4v) is 10.9. The Morgan fingerprint density at radius 1 is 0.859 bits per heavy atom. The molecule has 2 saturated carbocycles. The zero-order valence-corrected chi connectivity index (χ0v) is 37.3. The summed E-state index contributed by atoms with van der Waals surface area (Å²) in [4.78, 5) is 44.6. The number of ether oxygens (including phenoxy) is 4. The molecule has 8 atom stereocenters. The number of benzene rings is 4. The number of carbonyl (C=O) groups excluding carboxylic acids is 3.